The van der Waals surface area contributed by atoms with Crippen LogP contribution in [-0.4, -0.2) is 81.0 Å². The number of alkyl halides is 2. The molecule has 2 aromatic heterocycles. The van der Waals surface area contributed by atoms with Gasteiger partial charge in [0, 0.05) is 42.1 Å². The molecule has 1 unspecified atom stereocenters. The molecule has 11 nitrogen and oxygen atoms in total. The smallest absolute Gasteiger partial charge is 0.387 e. The quantitative estimate of drug-likeness (QED) is 0.348. The van der Waals surface area contributed by atoms with Gasteiger partial charge in [-0.1, -0.05) is 26.0 Å². The molecule has 0 bridgehead atoms. The number of hydrogen-bond donors (Lipinski definition) is 2. The minimum Gasteiger partial charge on any atom is -0.434 e. The summed E-state index contributed by atoms with van der Waals surface area (Å²) in [6.45, 7) is 3.26. The Morgan fingerprint density at radius 1 is 1.26 bits per heavy atom. The average molecular weight is 614 g/mol. The van der Waals surface area contributed by atoms with Crippen LogP contribution in [0.1, 0.15) is 42.2 Å². The Morgan fingerprint density at radius 2 is 2.09 bits per heavy atom. The van der Waals surface area contributed by atoms with E-state index in [0.717, 1.165) is 11.3 Å². The van der Waals surface area contributed by atoms with Gasteiger partial charge in [0.1, 0.15) is 17.9 Å². The molecule has 2 N–H and O–H groups in total. The summed E-state index contributed by atoms with van der Waals surface area (Å²) in [7, 11) is 0. The topological polar surface area (TPSA) is 113 Å². The normalized spacial score (nSPS) is 18.3. The number of nitrogens with one attached hydrogen (secondary N) is 2. The maximum absolute atomic E-state index is 13.4. The van der Waals surface area contributed by atoms with Crippen molar-refractivity contribution in [3.05, 3.63) is 78.0 Å². The molecule has 0 aliphatic carbocycles. The summed E-state index contributed by atoms with van der Waals surface area (Å²) in [4.78, 5) is 33.2. The fourth-order valence-corrected chi connectivity index (χ4v) is 5.81. The lowest BCUT2D eigenvalue weighted by atomic mass is 10.0. The van der Waals surface area contributed by atoms with Gasteiger partial charge in [0.15, 0.2) is 5.65 Å². The molecule has 5 heterocycles. The van der Waals surface area contributed by atoms with Crippen molar-refractivity contribution in [2.75, 3.05) is 32.8 Å². The summed E-state index contributed by atoms with van der Waals surface area (Å²) in [6.07, 6.45) is 11.0. The van der Waals surface area contributed by atoms with Crippen molar-refractivity contribution in [3.63, 3.8) is 0 Å². The number of hydrogen-bond acceptors (Lipinski definition) is 9. The molecule has 0 spiro atoms. The summed E-state index contributed by atoms with van der Waals surface area (Å²) in [5.41, 5.74) is 4.54. The number of thioether (sulfide) groups is 1. The van der Waals surface area contributed by atoms with E-state index < -0.39 is 18.6 Å². The van der Waals surface area contributed by atoms with Crippen LogP contribution in [0.5, 0.6) is 5.75 Å². The van der Waals surface area contributed by atoms with Gasteiger partial charge in [-0.05, 0) is 30.7 Å². The van der Waals surface area contributed by atoms with Crippen molar-refractivity contribution in [2.45, 2.75) is 43.1 Å². The van der Waals surface area contributed by atoms with Crippen molar-refractivity contribution >= 4 is 29.2 Å². The minimum absolute atomic E-state index is 0.0269. The molecule has 3 aliphatic heterocycles. The second-order valence-electron chi connectivity index (χ2n) is 9.63. The Labute approximate surface area is 251 Å². The summed E-state index contributed by atoms with van der Waals surface area (Å²) >= 11 is 1.57. The summed E-state index contributed by atoms with van der Waals surface area (Å²) in [5, 5.41) is 8.87. The van der Waals surface area contributed by atoms with Crippen LogP contribution < -0.4 is 15.5 Å². The number of fused-ring (bicyclic) bond motifs is 1. The molecule has 6 rings (SSSR count). The van der Waals surface area contributed by atoms with E-state index >= 15 is 0 Å². The maximum Gasteiger partial charge on any atom is 0.387 e. The third kappa shape index (κ3) is 7.14. The van der Waals surface area contributed by atoms with E-state index in [4.69, 9.17) is 9.47 Å². The maximum atomic E-state index is 13.4. The molecule has 14 heteroatoms. The molecule has 2 amide bonds. The van der Waals surface area contributed by atoms with E-state index in [-0.39, 0.29) is 29.0 Å². The van der Waals surface area contributed by atoms with E-state index in [1.54, 1.807) is 58.5 Å². The number of aromatic nitrogens is 3. The predicted molar refractivity (Wildman–Crippen MR) is 156 cm³/mol. The van der Waals surface area contributed by atoms with Gasteiger partial charge in [-0.2, -0.15) is 13.9 Å². The van der Waals surface area contributed by atoms with Gasteiger partial charge < -0.3 is 24.7 Å². The van der Waals surface area contributed by atoms with Crippen LogP contribution in [0.4, 0.5) is 8.78 Å². The lowest BCUT2D eigenvalue weighted by Gasteiger charge is -2.28. The number of carbonyl (C=O) groups is 2. The molecule has 1 atom stereocenters. The highest BCUT2D eigenvalue weighted by Crippen LogP contribution is 2.38. The molecule has 1 fully saturated rings. The zero-order chi connectivity index (χ0) is 30.3. The largest absolute Gasteiger partial charge is 0.434 e. The van der Waals surface area contributed by atoms with Gasteiger partial charge in [0.05, 0.1) is 36.4 Å². The van der Waals surface area contributed by atoms with Crippen LogP contribution in [0.3, 0.4) is 0 Å². The second-order valence-corrected chi connectivity index (χ2v) is 11.0. The summed E-state index contributed by atoms with van der Waals surface area (Å²) < 4.78 is 38.5. The lowest BCUT2D eigenvalue weighted by molar-refractivity contribution is -0.132. The zero-order valence-electron chi connectivity index (χ0n) is 23.8. The summed E-state index contributed by atoms with van der Waals surface area (Å²) in [5.74, 6) is -0.645. The molecule has 1 aromatic carbocycles. The molecule has 1 saturated heterocycles. The number of rotatable bonds is 9. The highest BCUT2D eigenvalue weighted by atomic mass is 32.2. The predicted octanol–water partition coefficient (Wildman–Crippen LogP) is 3.77. The Morgan fingerprint density at radius 3 is 2.81 bits per heavy atom. The molecular formula is C29H33F2N7O4S. The van der Waals surface area contributed by atoms with E-state index in [2.05, 4.69) is 20.8 Å². The number of ether oxygens (including phenoxy) is 2. The third-order valence-corrected chi connectivity index (χ3v) is 7.95. The standard InChI is InChI=1S/C27H27F2N7O4S.C2H6/c28-27(29)40-22-6-5-17(41-18-15-39-16-18)11-19(22)24-21(13-35(33-24)14-23(37)34-8-2-1-3-9-34)32-26(38)20-12-31-36-10-4-7-30-25(20)36;1-2/h1-2,4-7,10-13,18,24,27,33H,3,8-9,14-16H2,(H,32,38);1-2H3. The Kier molecular flexibility index (Phi) is 9.89. The van der Waals surface area contributed by atoms with Gasteiger partial charge in [0.25, 0.3) is 5.91 Å². The molecule has 0 saturated carbocycles. The number of amides is 2. The molecule has 0 radical (unpaired) electrons. The highest BCUT2D eigenvalue weighted by Gasteiger charge is 2.33. The highest BCUT2D eigenvalue weighted by molar-refractivity contribution is 8.00. The SMILES string of the molecule is CC.O=C(NC1=CN(CC(=O)N2CC=CCC2)NC1c1cc(SC2COC2)ccc1OC(F)F)c1cnn2cccnc12. The number of nitrogens with zero attached hydrogens (tertiary/aromatic N) is 5. The number of benzene rings is 1. The van der Waals surface area contributed by atoms with E-state index in [1.165, 1.54) is 16.8 Å². The zero-order valence-corrected chi connectivity index (χ0v) is 24.6. The molecule has 228 valence electrons. The van der Waals surface area contributed by atoms with Crippen LogP contribution >= 0.6 is 11.8 Å². The Hall–Kier alpha value is -4.01. The van der Waals surface area contributed by atoms with E-state index in [1.807, 2.05) is 26.0 Å². The van der Waals surface area contributed by atoms with Crippen molar-refractivity contribution in [3.8, 4) is 5.75 Å². The number of carbonyl (C=O) groups excluding carboxylic acids is 2. The molecule has 43 heavy (non-hydrogen) atoms. The fraction of sp³-hybridized carbons (Fsp3) is 0.379. The molecule has 3 aliphatic rings. The molecular weight excluding hydrogens is 580 g/mol. The van der Waals surface area contributed by atoms with Crippen LogP contribution in [-0.2, 0) is 9.53 Å². The van der Waals surface area contributed by atoms with Gasteiger partial charge in [-0.15, -0.1) is 11.8 Å². The molecule has 3 aromatic rings. The van der Waals surface area contributed by atoms with Gasteiger partial charge in [-0.25, -0.2) is 14.9 Å². The van der Waals surface area contributed by atoms with Crippen molar-refractivity contribution in [1.82, 2.24) is 35.2 Å². The van der Waals surface area contributed by atoms with Gasteiger partial charge in [-0.3, -0.25) is 9.59 Å². The first-order chi connectivity index (χ1) is 20.9. The van der Waals surface area contributed by atoms with Crippen LogP contribution in [0.2, 0.25) is 0 Å². The lowest BCUT2D eigenvalue weighted by Crippen LogP contribution is -2.43. The first-order valence-electron chi connectivity index (χ1n) is 14.0. The van der Waals surface area contributed by atoms with E-state index in [9.17, 15) is 18.4 Å². The minimum atomic E-state index is -3.05. The Balaban J connectivity index is 0.00000180. The summed E-state index contributed by atoms with van der Waals surface area (Å²) in [6, 6.07) is 5.87. The number of hydrazine groups is 1. The first-order valence-corrected chi connectivity index (χ1v) is 14.9. The average Bonchev–Trinajstić information content (AvgIpc) is 3.61. The second kappa shape index (κ2) is 14.0. The van der Waals surface area contributed by atoms with E-state index in [0.29, 0.717) is 43.2 Å². The third-order valence-electron chi connectivity index (χ3n) is 6.82. The fourth-order valence-electron chi connectivity index (χ4n) is 4.75. The van der Waals surface area contributed by atoms with Crippen LogP contribution in [0.15, 0.2) is 71.8 Å². The van der Waals surface area contributed by atoms with Crippen molar-refractivity contribution < 1.29 is 27.8 Å². The van der Waals surface area contributed by atoms with Crippen LogP contribution in [0.25, 0.3) is 5.65 Å². The van der Waals surface area contributed by atoms with Crippen molar-refractivity contribution in [2.24, 2.45) is 0 Å². The van der Waals surface area contributed by atoms with Crippen LogP contribution in [0, 0.1) is 0 Å². The Bertz CT molecular complexity index is 1510. The number of halogens is 2. The van der Waals surface area contributed by atoms with Gasteiger partial charge in [0.2, 0.25) is 5.91 Å². The van der Waals surface area contributed by atoms with Crippen molar-refractivity contribution in [1.29, 1.82) is 0 Å². The monoisotopic (exact) mass is 613 g/mol. The first kappa shape index (κ1) is 30.4. The van der Waals surface area contributed by atoms with Gasteiger partial charge >= 0.3 is 6.61 Å².